The topological polar surface area (TPSA) is 59.7 Å². The summed E-state index contributed by atoms with van der Waals surface area (Å²) in [7, 11) is 0. The Labute approximate surface area is 125 Å². The second kappa shape index (κ2) is 5.90. The molecule has 1 atom stereocenters. The molecule has 0 N–H and O–H groups in total. The van der Waals surface area contributed by atoms with E-state index in [0.29, 0.717) is 13.1 Å². The highest BCUT2D eigenvalue weighted by atomic mass is 19.4. The summed E-state index contributed by atoms with van der Waals surface area (Å²) < 4.78 is 40.1. The summed E-state index contributed by atoms with van der Waals surface area (Å²) >= 11 is 0. The van der Waals surface area contributed by atoms with Crippen molar-refractivity contribution in [1.29, 1.82) is 0 Å². The third kappa shape index (κ3) is 3.18. The highest BCUT2D eigenvalue weighted by molar-refractivity contribution is 5.33. The van der Waals surface area contributed by atoms with Crippen LogP contribution >= 0.6 is 0 Å². The predicted molar refractivity (Wildman–Crippen MR) is 72.0 cm³/mol. The SMILES string of the molecule is FC(F)(F)c1ccnc(N2CCCC[C@H]2Cn2cncn2)n1. The van der Waals surface area contributed by atoms with Crippen molar-refractivity contribution in [2.75, 3.05) is 11.4 Å². The van der Waals surface area contributed by atoms with Gasteiger partial charge in [-0.2, -0.15) is 18.3 Å². The van der Waals surface area contributed by atoms with Crippen molar-refractivity contribution in [1.82, 2.24) is 24.7 Å². The van der Waals surface area contributed by atoms with E-state index in [4.69, 9.17) is 0 Å². The van der Waals surface area contributed by atoms with Gasteiger partial charge in [-0.15, -0.1) is 0 Å². The molecule has 118 valence electrons. The minimum atomic E-state index is -4.46. The monoisotopic (exact) mass is 312 g/mol. The first-order chi connectivity index (χ1) is 10.5. The van der Waals surface area contributed by atoms with Gasteiger partial charge in [-0.05, 0) is 25.3 Å². The van der Waals surface area contributed by atoms with Gasteiger partial charge in [-0.25, -0.2) is 15.0 Å². The molecule has 1 fully saturated rings. The molecular weight excluding hydrogens is 297 g/mol. The fourth-order valence-electron chi connectivity index (χ4n) is 2.64. The molecule has 0 spiro atoms. The standard InChI is InChI=1S/C13H15F3N6/c14-13(15,16)11-4-5-18-12(20-11)22-6-2-1-3-10(22)7-21-9-17-8-19-21/h4-5,8-10H,1-3,6-7H2/t10-/m0/s1. The number of hydrogen-bond donors (Lipinski definition) is 0. The Bertz CT molecular complexity index is 612. The van der Waals surface area contributed by atoms with E-state index in [-0.39, 0.29) is 12.0 Å². The van der Waals surface area contributed by atoms with Crippen molar-refractivity contribution < 1.29 is 13.2 Å². The van der Waals surface area contributed by atoms with Gasteiger partial charge in [0.2, 0.25) is 5.95 Å². The zero-order valence-corrected chi connectivity index (χ0v) is 11.7. The summed E-state index contributed by atoms with van der Waals surface area (Å²) in [5.41, 5.74) is -0.914. The number of aromatic nitrogens is 5. The van der Waals surface area contributed by atoms with Crippen molar-refractivity contribution in [2.45, 2.75) is 38.0 Å². The van der Waals surface area contributed by atoms with Gasteiger partial charge in [0.25, 0.3) is 0 Å². The van der Waals surface area contributed by atoms with E-state index in [1.54, 1.807) is 11.0 Å². The van der Waals surface area contributed by atoms with Gasteiger partial charge in [-0.3, -0.25) is 4.68 Å². The lowest BCUT2D eigenvalue weighted by Gasteiger charge is -2.35. The summed E-state index contributed by atoms with van der Waals surface area (Å²) in [6.07, 6.45) is 2.52. The van der Waals surface area contributed by atoms with Crippen molar-refractivity contribution in [3.63, 3.8) is 0 Å². The van der Waals surface area contributed by atoms with Crippen LogP contribution in [-0.4, -0.2) is 37.3 Å². The van der Waals surface area contributed by atoms with E-state index in [9.17, 15) is 13.2 Å². The molecule has 1 aliphatic heterocycles. The van der Waals surface area contributed by atoms with E-state index in [2.05, 4.69) is 20.1 Å². The summed E-state index contributed by atoms with van der Waals surface area (Å²) in [6.45, 7) is 1.19. The third-order valence-electron chi connectivity index (χ3n) is 3.68. The molecule has 0 radical (unpaired) electrons. The fraction of sp³-hybridized carbons (Fsp3) is 0.538. The lowest BCUT2D eigenvalue weighted by molar-refractivity contribution is -0.141. The largest absolute Gasteiger partial charge is 0.433 e. The van der Waals surface area contributed by atoms with Gasteiger partial charge in [0.15, 0.2) is 0 Å². The zero-order chi connectivity index (χ0) is 15.6. The fourth-order valence-corrected chi connectivity index (χ4v) is 2.64. The molecule has 22 heavy (non-hydrogen) atoms. The molecule has 6 nitrogen and oxygen atoms in total. The molecule has 0 aliphatic carbocycles. The van der Waals surface area contributed by atoms with Gasteiger partial charge >= 0.3 is 6.18 Å². The minimum absolute atomic E-state index is 0.0129. The number of nitrogens with zero attached hydrogens (tertiary/aromatic N) is 6. The van der Waals surface area contributed by atoms with Crippen LogP contribution in [0, 0.1) is 0 Å². The summed E-state index contributed by atoms with van der Waals surface area (Å²) in [6, 6.07) is 0.902. The van der Waals surface area contributed by atoms with Gasteiger partial charge in [0.1, 0.15) is 18.3 Å². The Morgan fingerprint density at radius 1 is 1.27 bits per heavy atom. The molecule has 9 heteroatoms. The van der Waals surface area contributed by atoms with Gasteiger partial charge in [0.05, 0.1) is 12.6 Å². The quantitative estimate of drug-likeness (QED) is 0.869. The zero-order valence-electron chi connectivity index (χ0n) is 11.7. The van der Waals surface area contributed by atoms with Crippen LogP contribution in [0.2, 0.25) is 0 Å². The van der Waals surface area contributed by atoms with E-state index >= 15 is 0 Å². The third-order valence-corrected chi connectivity index (χ3v) is 3.68. The van der Waals surface area contributed by atoms with Crippen LogP contribution in [0.4, 0.5) is 19.1 Å². The first-order valence-electron chi connectivity index (χ1n) is 7.03. The average molecular weight is 312 g/mol. The van der Waals surface area contributed by atoms with Crippen molar-refractivity contribution in [2.24, 2.45) is 0 Å². The van der Waals surface area contributed by atoms with Crippen LogP contribution in [0.3, 0.4) is 0 Å². The van der Waals surface area contributed by atoms with E-state index < -0.39 is 11.9 Å². The molecule has 0 unspecified atom stereocenters. The molecular formula is C13H15F3N6. The molecule has 0 saturated carbocycles. The Balaban J connectivity index is 1.84. The van der Waals surface area contributed by atoms with Gasteiger partial charge < -0.3 is 4.90 Å². The molecule has 2 aromatic heterocycles. The number of piperidine rings is 1. The predicted octanol–water partition coefficient (Wildman–Crippen LogP) is 2.15. The number of rotatable bonds is 3. The van der Waals surface area contributed by atoms with Crippen LogP contribution in [0.25, 0.3) is 0 Å². The van der Waals surface area contributed by atoms with E-state index in [0.717, 1.165) is 31.5 Å². The van der Waals surface area contributed by atoms with E-state index in [1.807, 2.05) is 4.90 Å². The van der Waals surface area contributed by atoms with Crippen LogP contribution in [-0.2, 0) is 12.7 Å². The minimum Gasteiger partial charge on any atom is -0.336 e. The normalized spacial score (nSPS) is 19.4. The molecule has 3 rings (SSSR count). The van der Waals surface area contributed by atoms with Crippen molar-refractivity contribution >= 4 is 5.95 Å². The second-order valence-corrected chi connectivity index (χ2v) is 5.20. The van der Waals surface area contributed by atoms with Crippen LogP contribution in [0.5, 0.6) is 0 Å². The lowest BCUT2D eigenvalue weighted by atomic mass is 10.0. The number of halogens is 3. The molecule has 0 bridgehead atoms. The summed E-state index contributed by atoms with van der Waals surface area (Å²) in [5.74, 6) is 0.125. The van der Waals surface area contributed by atoms with Crippen LogP contribution in [0.1, 0.15) is 25.0 Å². The highest BCUT2D eigenvalue weighted by Crippen LogP contribution is 2.29. The summed E-state index contributed by atoms with van der Waals surface area (Å²) in [4.78, 5) is 13.4. The second-order valence-electron chi connectivity index (χ2n) is 5.20. The summed E-state index contributed by atoms with van der Waals surface area (Å²) in [5, 5.41) is 4.05. The molecule has 1 aliphatic rings. The lowest BCUT2D eigenvalue weighted by Crippen LogP contribution is -2.43. The molecule has 2 aromatic rings. The van der Waals surface area contributed by atoms with Crippen LogP contribution in [0.15, 0.2) is 24.9 Å². The Morgan fingerprint density at radius 3 is 2.86 bits per heavy atom. The first-order valence-corrected chi connectivity index (χ1v) is 7.03. The Kier molecular flexibility index (Phi) is 3.95. The van der Waals surface area contributed by atoms with Crippen LogP contribution < -0.4 is 4.90 Å². The number of anilines is 1. The van der Waals surface area contributed by atoms with E-state index in [1.165, 1.54) is 6.33 Å². The maximum absolute atomic E-state index is 12.8. The molecule has 1 saturated heterocycles. The van der Waals surface area contributed by atoms with Crippen molar-refractivity contribution in [3.8, 4) is 0 Å². The van der Waals surface area contributed by atoms with Crippen molar-refractivity contribution in [3.05, 3.63) is 30.6 Å². The number of alkyl halides is 3. The van der Waals surface area contributed by atoms with Gasteiger partial charge in [-0.1, -0.05) is 0 Å². The highest BCUT2D eigenvalue weighted by Gasteiger charge is 2.34. The smallest absolute Gasteiger partial charge is 0.336 e. The average Bonchev–Trinajstić information content (AvgIpc) is 3.00. The molecule has 3 heterocycles. The first kappa shape index (κ1) is 14.7. The maximum Gasteiger partial charge on any atom is 0.433 e. The maximum atomic E-state index is 12.8. The van der Waals surface area contributed by atoms with Gasteiger partial charge in [0, 0.05) is 12.7 Å². The molecule has 0 amide bonds. The Morgan fingerprint density at radius 2 is 2.14 bits per heavy atom. The Hall–Kier alpha value is -2.19. The number of hydrogen-bond acceptors (Lipinski definition) is 5. The molecule has 0 aromatic carbocycles.